The number of fused-ring (bicyclic) bond motifs is 1. The van der Waals surface area contributed by atoms with Gasteiger partial charge in [-0.25, -0.2) is 0 Å². The standard InChI is InChI=1S/C24H30N2O2S/c1-24(2)14-18-12-20(29-3)13-21(22(18)28-24)23(27)25-15-19-10-7-11-26(19)16-17-8-5-4-6-9-17/h4-6,8-9,12-13,19H,7,10-11,14-16H2,1-3H3,(H,25,27)/t19-/m0/s1. The average molecular weight is 411 g/mol. The largest absolute Gasteiger partial charge is 0.486 e. The van der Waals surface area contributed by atoms with Crippen LogP contribution in [0.4, 0.5) is 0 Å². The summed E-state index contributed by atoms with van der Waals surface area (Å²) in [5.74, 6) is 0.735. The minimum atomic E-state index is -0.258. The van der Waals surface area contributed by atoms with Crippen molar-refractivity contribution in [2.75, 3.05) is 19.3 Å². The van der Waals surface area contributed by atoms with Crippen LogP contribution in [-0.4, -0.2) is 41.8 Å². The normalized spacial score (nSPS) is 20.3. The van der Waals surface area contributed by atoms with Gasteiger partial charge in [0.2, 0.25) is 0 Å². The summed E-state index contributed by atoms with van der Waals surface area (Å²) in [7, 11) is 0. The van der Waals surface area contributed by atoms with Crippen molar-refractivity contribution >= 4 is 17.7 Å². The predicted molar refractivity (Wildman–Crippen MR) is 119 cm³/mol. The number of likely N-dealkylation sites (tertiary alicyclic amines) is 1. The van der Waals surface area contributed by atoms with Crippen LogP contribution in [0.3, 0.4) is 0 Å². The number of thioether (sulfide) groups is 1. The van der Waals surface area contributed by atoms with Gasteiger partial charge in [-0.3, -0.25) is 9.69 Å². The van der Waals surface area contributed by atoms with Gasteiger partial charge in [-0.2, -0.15) is 0 Å². The first-order valence-electron chi connectivity index (χ1n) is 10.4. The van der Waals surface area contributed by atoms with Crippen LogP contribution in [0.5, 0.6) is 5.75 Å². The highest BCUT2D eigenvalue weighted by atomic mass is 32.2. The van der Waals surface area contributed by atoms with Gasteiger partial charge in [0.1, 0.15) is 11.4 Å². The Morgan fingerprint density at radius 2 is 2.07 bits per heavy atom. The van der Waals surface area contributed by atoms with Crippen molar-refractivity contribution in [1.29, 1.82) is 0 Å². The Morgan fingerprint density at radius 3 is 2.83 bits per heavy atom. The number of hydrogen-bond acceptors (Lipinski definition) is 4. The zero-order valence-corrected chi connectivity index (χ0v) is 18.3. The first-order valence-corrected chi connectivity index (χ1v) is 11.6. The van der Waals surface area contributed by atoms with Crippen LogP contribution in [0, 0.1) is 0 Å². The Hall–Kier alpha value is -1.98. The highest BCUT2D eigenvalue weighted by Crippen LogP contribution is 2.40. The van der Waals surface area contributed by atoms with E-state index in [1.54, 1.807) is 11.8 Å². The van der Waals surface area contributed by atoms with Crippen LogP contribution in [0.2, 0.25) is 0 Å². The lowest BCUT2D eigenvalue weighted by atomic mass is 10.0. The van der Waals surface area contributed by atoms with Crippen molar-refractivity contribution in [1.82, 2.24) is 10.2 Å². The third kappa shape index (κ3) is 4.62. The Bertz CT molecular complexity index is 882. The van der Waals surface area contributed by atoms with Crippen molar-refractivity contribution < 1.29 is 9.53 Å². The Balaban J connectivity index is 1.44. The molecule has 0 aromatic heterocycles. The maximum Gasteiger partial charge on any atom is 0.255 e. The van der Waals surface area contributed by atoms with E-state index in [0.717, 1.165) is 42.1 Å². The number of rotatable bonds is 6. The molecule has 2 aliphatic rings. The van der Waals surface area contributed by atoms with Gasteiger partial charge in [0.15, 0.2) is 0 Å². The Labute approximate surface area is 178 Å². The second-order valence-corrected chi connectivity index (χ2v) is 9.54. The molecular weight excluding hydrogens is 380 g/mol. The summed E-state index contributed by atoms with van der Waals surface area (Å²) in [5.41, 5.74) is 2.88. The molecule has 0 saturated carbocycles. The second kappa shape index (κ2) is 8.41. The summed E-state index contributed by atoms with van der Waals surface area (Å²) in [5, 5.41) is 3.20. The molecule has 0 aliphatic carbocycles. The highest BCUT2D eigenvalue weighted by Gasteiger charge is 2.34. The van der Waals surface area contributed by atoms with Crippen molar-refractivity contribution in [2.24, 2.45) is 0 Å². The van der Waals surface area contributed by atoms with E-state index in [0.29, 0.717) is 18.2 Å². The lowest BCUT2D eigenvalue weighted by Crippen LogP contribution is -2.40. The zero-order valence-electron chi connectivity index (χ0n) is 17.5. The molecule has 0 spiro atoms. The SMILES string of the molecule is CSc1cc2c(c(C(=O)NC[C@@H]3CCCN3Cc3ccccc3)c1)OC(C)(C)C2. The molecule has 0 unspecified atom stereocenters. The summed E-state index contributed by atoms with van der Waals surface area (Å²) in [6, 6.07) is 15.1. The molecule has 1 N–H and O–H groups in total. The smallest absolute Gasteiger partial charge is 0.255 e. The van der Waals surface area contributed by atoms with E-state index >= 15 is 0 Å². The van der Waals surface area contributed by atoms with Crippen LogP contribution < -0.4 is 10.1 Å². The fourth-order valence-corrected chi connectivity index (χ4v) is 4.92. The first kappa shape index (κ1) is 20.3. The molecule has 4 nitrogen and oxygen atoms in total. The molecule has 4 rings (SSSR count). The van der Waals surface area contributed by atoms with Crippen molar-refractivity contribution in [3.63, 3.8) is 0 Å². The molecule has 2 heterocycles. The topological polar surface area (TPSA) is 41.6 Å². The van der Waals surface area contributed by atoms with E-state index in [9.17, 15) is 4.79 Å². The summed E-state index contributed by atoms with van der Waals surface area (Å²) in [4.78, 5) is 16.7. The van der Waals surface area contributed by atoms with E-state index in [4.69, 9.17) is 4.74 Å². The molecule has 0 radical (unpaired) electrons. The number of hydrogen-bond donors (Lipinski definition) is 1. The van der Waals surface area contributed by atoms with Crippen LogP contribution >= 0.6 is 11.8 Å². The van der Waals surface area contributed by atoms with E-state index in [-0.39, 0.29) is 11.5 Å². The van der Waals surface area contributed by atoms with Crippen LogP contribution in [-0.2, 0) is 13.0 Å². The number of nitrogens with one attached hydrogen (secondary N) is 1. The van der Waals surface area contributed by atoms with Crippen molar-refractivity contribution in [3.05, 3.63) is 59.2 Å². The van der Waals surface area contributed by atoms with Gasteiger partial charge in [-0.05, 0) is 57.2 Å². The maximum atomic E-state index is 13.1. The number of ether oxygens (including phenoxy) is 1. The quantitative estimate of drug-likeness (QED) is 0.711. The fourth-order valence-electron chi connectivity index (χ4n) is 4.43. The average Bonchev–Trinajstić information content (AvgIpc) is 3.27. The molecule has 2 aromatic rings. The minimum absolute atomic E-state index is 0.0265. The molecule has 2 aromatic carbocycles. The first-order chi connectivity index (χ1) is 13.9. The molecule has 0 bridgehead atoms. The molecule has 29 heavy (non-hydrogen) atoms. The number of amides is 1. The lowest BCUT2D eigenvalue weighted by Gasteiger charge is -2.25. The molecule has 2 aliphatic heterocycles. The van der Waals surface area contributed by atoms with Gasteiger partial charge in [0.05, 0.1) is 5.56 Å². The number of nitrogens with zero attached hydrogens (tertiary/aromatic N) is 1. The fraction of sp³-hybridized carbons (Fsp3) is 0.458. The molecule has 154 valence electrons. The molecule has 1 atom stereocenters. The third-order valence-corrected chi connectivity index (χ3v) is 6.55. The predicted octanol–water partition coefficient (Wildman–Crippen LogP) is 4.52. The van der Waals surface area contributed by atoms with E-state index in [2.05, 4.69) is 60.5 Å². The Morgan fingerprint density at radius 1 is 1.28 bits per heavy atom. The minimum Gasteiger partial charge on any atom is -0.486 e. The molecule has 1 saturated heterocycles. The van der Waals surface area contributed by atoms with Gasteiger partial charge >= 0.3 is 0 Å². The summed E-state index contributed by atoms with van der Waals surface area (Å²) >= 11 is 1.67. The number of benzene rings is 2. The number of carbonyl (C=O) groups excluding carboxylic acids is 1. The highest BCUT2D eigenvalue weighted by molar-refractivity contribution is 7.98. The van der Waals surface area contributed by atoms with E-state index in [1.807, 2.05) is 12.3 Å². The van der Waals surface area contributed by atoms with Crippen LogP contribution in [0.15, 0.2) is 47.4 Å². The van der Waals surface area contributed by atoms with E-state index in [1.165, 1.54) is 12.0 Å². The van der Waals surface area contributed by atoms with Gasteiger partial charge in [-0.1, -0.05) is 30.3 Å². The summed E-state index contributed by atoms with van der Waals surface area (Å²) in [6.45, 7) is 6.86. The molecule has 1 amide bonds. The molecule has 1 fully saturated rings. The van der Waals surface area contributed by atoms with Gasteiger partial charge in [0.25, 0.3) is 5.91 Å². The monoisotopic (exact) mass is 410 g/mol. The Kier molecular flexibility index (Phi) is 5.88. The maximum absolute atomic E-state index is 13.1. The molecule has 5 heteroatoms. The van der Waals surface area contributed by atoms with E-state index < -0.39 is 0 Å². The van der Waals surface area contributed by atoms with Crippen molar-refractivity contribution in [2.45, 2.75) is 56.2 Å². The second-order valence-electron chi connectivity index (χ2n) is 8.66. The van der Waals surface area contributed by atoms with Crippen LogP contribution in [0.1, 0.15) is 48.2 Å². The molecular formula is C24H30N2O2S. The number of carbonyl (C=O) groups is 1. The summed E-state index contributed by atoms with van der Waals surface area (Å²) in [6.07, 6.45) is 5.19. The van der Waals surface area contributed by atoms with Crippen molar-refractivity contribution in [3.8, 4) is 5.75 Å². The van der Waals surface area contributed by atoms with Gasteiger partial charge in [-0.15, -0.1) is 11.8 Å². The third-order valence-electron chi connectivity index (χ3n) is 5.84. The zero-order chi connectivity index (χ0) is 20.4. The lowest BCUT2D eigenvalue weighted by molar-refractivity contribution is 0.0926. The van der Waals surface area contributed by atoms with Gasteiger partial charge in [0, 0.05) is 36.0 Å². The van der Waals surface area contributed by atoms with Gasteiger partial charge < -0.3 is 10.1 Å². The van der Waals surface area contributed by atoms with Crippen LogP contribution in [0.25, 0.3) is 0 Å². The summed E-state index contributed by atoms with van der Waals surface area (Å²) < 4.78 is 6.14.